The summed E-state index contributed by atoms with van der Waals surface area (Å²) < 4.78 is 30.7. The van der Waals surface area contributed by atoms with Crippen LogP contribution >= 0.6 is 24.0 Å². The van der Waals surface area contributed by atoms with E-state index >= 15 is 0 Å². The van der Waals surface area contributed by atoms with Gasteiger partial charge in [-0.15, -0.1) is 24.0 Å². The van der Waals surface area contributed by atoms with Crippen molar-refractivity contribution < 1.29 is 13.2 Å². The van der Waals surface area contributed by atoms with Crippen LogP contribution in [0.1, 0.15) is 18.9 Å². The average Bonchev–Trinajstić information content (AvgIpc) is 3.03. The number of para-hydroxylation sites is 1. The van der Waals surface area contributed by atoms with Crippen molar-refractivity contribution in [2.75, 3.05) is 39.5 Å². The van der Waals surface area contributed by atoms with Crippen LogP contribution in [0.3, 0.4) is 0 Å². The molecule has 1 aliphatic heterocycles. The van der Waals surface area contributed by atoms with E-state index in [4.69, 9.17) is 4.74 Å². The molecule has 1 aromatic carbocycles. The van der Waals surface area contributed by atoms with Crippen LogP contribution in [-0.2, 0) is 16.4 Å². The van der Waals surface area contributed by atoms with Gasteiger partial charge in [-0.2, -0.15) is 0 Å². The molecule has 1 atom stereocenters. The van der Waals surface area contributed by atoms with Gasteiger partial charge in [0.15, 0.2) is 5.96 Å². The highest BCUT2D eigenvalue weighted by Crippen LogP contribution is 2.27. The number of hydrogen-bond donors (Lipinski definition) is 2. The Kier molecular flexibility index (Phi) is 9.66. The third-order valence-electron chi connectivity index (χ3n) is 4.22. The third kappa shape index (κ3) is 6.58. The van der Waals surface area contributed by atoms with E-state index in [1.54, 1.807) is 21.0 Å². The zero-order valence-electron chi connectivity index (χ0n) is 15.6. The molecule has 0 radical (unpaired) electrons. The van der Waals surface area contributed by atoms with Gasteiger partial charge in [-0.1, -0.05) is 18.2 Å². The lowest BCUT2D eigenvalue weighted by atomic mass is 10.1. The molecular weight excluding hydrogens is 467 g/mol. The first-order valence-electron chi connectivity index (χ1n) is 8.59. The number of sulfonamides is 1. The Labute approximate surface area is 173 Å². The Morgan fingerprint density at radius 1 is 1.35 bits per heavy atom. The molecule has 0 saturated heterocycles. The lowest BCUT2D eigenvalue weighted by Gasteiger charge is -2.18. The SMILES string of the molecule is CCS(=O)(=O)N(C)CCCNC(=NC)NCC1Cc2ccccc2O1.I. The van der Waals surface area contributed by atoms with E-state index in [-0.39, 0.29) is 35.8 Å². The van der Waals surface area contributed by atoms with Crippen LogP contribution < -0.4 is 15.4 Å². The lowest BCUT2D eigenvalue weighted by Crippen LogP contribution is -2.43. The molecule has 1 aliphatic rings. The van der Waals surface area contributed by atoms with E-state index in [2.05, 4.69) is 21.7 Å². The number of aliphatic imine (C=N–C) groups is 1. The van der Waals surface area contributed by atoms with Crippen molar-refractivity contribution in [2.24, 2.45) is 4.99 Å². The predicted molar refractivity (Wildman–Crippen MR) is 116 cm³/mol. The summed E-state index contributed by atoms with van der Waals surface area (Å²) in [6.45, 7) is 3.45. The number of nitrogens with one attached hydrogen (secondary N) is 2. The van der Waals surface area contributed by atoms with Gasteiger partial charge in [0.25, 0.3) is 0 Å². The molecular formula is C17H29IN4O3S. The van der Waals surface area contributed by atoms with Crippen molar-refractivity contribution in [1.29, 1.82) is 0 Å². The Morgan fingerprint density at radius 2 is 2.08 bits per heavy atom. The van der Waals surface area contributed by atoms with Crippen molar-refractivity contribution in [3.63, 3.8) is 0 Å². The number of nitrogens with zero attached hydrogens (tertiary/aromatic N) is 2. The minimum absolute atomic E-state index is 0. The standard InChI is InChI=1S/C17H28N4O3S.HI/c1-4-25(22,23)21(3)11-7-10-19-17(18-2)20-13-15-12-14-8-5-6-9-16(14)24-15;/h5-6,8-9,15H,4,7,10-13H2,1-3H3,(H2,18,19,20);1H. The Morgan fingerprint density at radius 3 is 2.73 bits per heavy atom. The lowest BCUT2D eigenvalue weighted by molar-refractivity contribution is 0.235. The average molecular weight is 496 g/mol. The third-order valence-corrected chi connectivity index (χ3v) is 6.08. The summed E-state index contributed by atoms with van der Waals surface area (Å²) in [7, 11) is 0.219. The van der Waals surface area contributed by atoms with E-state index < -0.39 is 10.0 Å². The largest absolute Gasteiger partial charge is 0.488 e. The maximum absolute atomic E-state index is 11.7. The first-order chi connectivity index (χ1) is 12.0. The van der Waals surface area contributed by atoms with E-state index in [0.29, 0.717) is 32.0 Å². The first kappa shape index (κ1) is 23.0. The van der Waals surface area contributed by atoms with E-state index in [1.165, 1.54) is 9.87 Å². The van der Waals surface area contributed by atoms with Gasteiger partial charge >= 0.3 is 0 Å². The highest BCUT2D eigenvalue weighted by molar-refractivity contribution is 14.0. The van der Waals surface area contributed by atoms with Crippen LogP contribution in [0, 0.1) is 0 Å². The quantitative estimate of drug-likeness (QED) is 0.247. The summed E-state index contributed by atoms with van der Waals surface area (Å²) in [6, 6.07) is 8.08. The van der Waals surface area contributed by atoms with Crippen LogP contribution in [0.2, 0.25) is 0 Å². The number of benzene rings is 1. The topological polar surface area (TPSA) is 83.0 Å². The zero-order valence-corrected chi connectivity index (χ0v) is 18.7. The molecule has 26 heavy (non-hydrogen) atoms. The zero-order chi connectivity index (χ0) is 18.3. The van der Waals surface area contributed by atoms with Gasteiger partial charge in [0.1, 0.15) is 11.9 Å². The Hall–Kier alpha value is -1.07. The molecule has 0 spiro atoms. The van der Waals surface area contributed by atoms with Crippen LogP contribution in [-0.4, -0.2) is 64.3 Å². The molecule has 2 N–H and O–H groups in total. The van der Waals surface area contributed by atoms with Crippen LogP contribution in [0.4, 0.5) is 0 Å². The predicted octanol–water partition coefficient (Wildman–Crippen LogP) is 1.44. The normalized spacial score (nSPS) is 16.6. The summed E-state index contributed by atoms with van der Waals surface area (Å²) in [5.41, 5.74) is 1.23. The maximum Gasteiger partial charge on any atom is 0.213 e. The second-order valence-electron chi connectivity index (χ2n) is 6.01. The number of rotatable bonds is 8. The fourth-order valence-corrected chi connectivity index (χ4v) is 3.51. The fraction of sp³-hybridized carbons (Fsp3) is 0.588. The molecule has 0 aromatic heterocycles. The minimum atomic E-state index is -3.11. The molecule has 0 aliphatic carbocycles. The van der Waals surface area contributed by atoms with Crippen molar-refractivity contribution in [2.45, 2.75) is 25.9 Å². The van der Waals surface area contributed by atoms with Gasteiger partial charge in [-0.05, 0) is 25.0 Å². The highest BCUT2D eigenvalue weighted by Gasteiger charge is 2.22. The van der Waals surface area contributed by atoms with E-state index in [9.17, 15) is 8.42 Å². The number of guanidine groups is 1. The van der Waals surface area contributed by atoms with Crippen LogP contribution in [0.25, 0.3) is 0 Å². The van der Waals surface area contributed by atoms with Crippen LogP contribution in [0.15, 0.2) is 29.3 Å². The molecule has 9 heteroatoms. The number of hydrogen-bond acceptors (Lipinski definition) is 4. The maximum atomic E-state index is 11.7. The summed E-state index contributed by atoms with van der Waals surface area (Å²) in [6.07, 6.45) is 1.69. The molecule has 0 amide bonds. The highest BCUT2D eigenvalue weighted by atomic mass is 127. The monoisotopic (exact) mass is 496 g/mol. The summed E-state index contributed by atoms with van der Waals surface area (Å²) in [5, 5.41) is 6.46. The van der Waals surface area contributed by atoms with Gasteiger partial charge in [-0.3, -0.25) is 4.99 Å². The number of ether oxygens (including phenoxy) is 1. The van der Waals surface area contributed by atoms with Crippen molar-refractivity contribution in [1.82, 2.24) is 14.9 Å². The summed E-state index contributed by atoms with van der Waals surface area (Å²) >= 11 is 0. The van der Waals surface area contributed by atoms with Crippen molar-refractivity contribution in [3.05, 3.63) is 29.8 Å². The molecule has 0 bridgehead atoms. The Balaban J connectivity index is 0.00000338. The molecule has 148 valence electrons. The molecule has 1 heterocycles. The van der Waals surface area contributed by atoms with Gasteiger partial charge in [0.05, 0.1) is 12.3 Å². The second kappa shape index (κ2) is 10.9. The number of fused-ring (bicyclic) bond motifs is 1. The molecule has 0 saturated carbocycles. The van der Waals surface area contributed by atoms with Crippen LogP contribution in [0.5, 0.6) is 5.75 Å². The molecule has 0 fully saturated rings. The second-order valence-corrected chi connectivity index (χ2v) is 8.37. The number of halogens is 1. The molecule has 2 rings (SSSR count). The van der Waals surface area contributed by atoms with E-state index in [1.807, 2.05) is 18.2 Å². The summed E-state index contributed by atoms with van der Waals surface area (Å²) in [5.74, 6) is 1.78. The van der Waals surface area contributed by atoms with Gasteiger partial charge in [-0.25, -0.2) is 12.7 Å². The Bertz CT molecular complexity index is 672. The van der Waals surface area contributed by atoms with Crippen molar-refractivity contribution >= 4 is 40.0 Å². The van der Waals surface area contributed by atoms with Gasteiger partial charge in [0.2, 0.25) is 10.0 Å². The fourth-order valence-electron chi connectivity index (χ4n) is 2.67. The van der Waals surface area contributed by atoms with E-state index in [0.717, 1.165) is 12.2 Å². The smallest absolute Gasteiger partial charge is 0.213 e. The molecule has 1 aromatic rings. The molecule has 7 nitrogen and oxygen atoms in total. The minimum Gasteiger partial charge on any atom is -0.488 e. The van der Waals surface area contributed by atoms with Gasteiger partial charge in [0, 0.05) is 33.6 Å². The van der Waals surface area contributed by atoms with Crippen molar-refractivity contribution in [3.8, 4) is 5.75 Å². The van der Waals surface area contributed by atoms with Gasteiger partial charge < -0.3 is 15.4 Å². The first-order valence-corrected chi connectivity index (χ1v) is 10.2. The summed E-state index contributed by atoms with van der Waals surface area (Å²) in [4.78, 5) is 4.19. The molecule has 1 unspecified atom stereocenters.